The standard InChI is InChI=1S/C23H26N2O5/c1-24-20(14-16-9-11-17(26)12-10-16)23(30)21(28)8-3-2-6-18(27)15-22(29)19-7-4-5-13-25-19/h4-5,7,9-13,20,24,26H,2-3,6,8,14-15H2,1H3/t20-/m0/s1. The Labute approximate surface area is 175 Å². The van der Waals surface area contributed by atoms with Crippen LogP contribution in [-0.2, 0) is 20.8 Å². The van der Waals surface area contributed by atoms with E-state index >= 15 is 0 Å². The van der Waals surface area contributed by atoms with Gasteiger partial charge in [-0.25, -0.2) is 0 Å². The first-order valence-corrected chi connectivity index (χ1v) is 9.89. The molecule has 0 aliphatic carbocycles. The molecule has 0 saturated heterocycles. The van der Waals surface area contributed by atoms with E-state index in [0.717, 1.165) is 5.56 Å². The van der Waals surface area contributed by atoms with E-state index in [1.807, 2.05) is 0 Å². The van der Waals surface area contributed by atoms with Crippen molar-refractivity contribution in [2.24, 2.45) is 0 Å². The summed E-state index contributed by atoms with van der Waals surface area (Å²) >= 11 is 0. The molecule has 0 radical (unpaired) electrons. The van der Waals surface area contributed by atoms with E-state index < -0.39 is 17.6 Å². The number of hydrogen-bond donors (Lipinski definition) is 2. The van der Waals surface area contributed by atoms with Gasteiger partial charge in [-0.2, -0.15) is 0 Å². The van der Waals surface area contributed by atoms with Crippen LogP contribution in [0.15, 0.2) is 48.7 Å². The molecule has 2 aromatic rings. The van der Waals surface area contributed by atoms with Crippen molar-refractivity contribution in [1.29, 1.82) is 0 Å². The number of hydrogen-bond acceptors (Lipinski definition) is 7. The first-order valence-electron chi connectivity index (χ1n) is 9.89. The molecule has 0 aliphatic rings. The second-order valence-electron chi connectivity index (χ2n) is 7.06. The highest BCUT2D eigenvalue weighted by molar-refractivity contribution is 6.39. The second-order valence-corrected chi connectivity index (χ2v) is 7.06. The molecule has 2 N–H and O–H groups in total. The summed E-state index contributed by atoms with van der Waals surface area (Å²) in [5.74, 6) is -1.37. The van der Waals surface area contributed by atoms with Crippen molar-refractivity contribution >= 4 is 23.1 Å². The lowest BCUT2D eigenvalue weighted by atomic mass is 9.97. The van der Waals surface area contributed by atoms with Crippen molar-refractivity contribution in [2.75, 3.05) is 7.05 Å². The van der Waals surface area contributed by atoms with Crippen LogP contribution in [0.1, 0.15) is 48.2 Å². The van der Waals surface area contributed by atoms with Gasteiger partial charge in [-0.1, -0.05) is 18.2 Å². The van der Waals surface area contributed by atoms with Gasteiger partial charge in [0.2, 0.25) is 5.78 Å². The van der Waals surface area contributed by atoms with Crippen molar-refractivity contribution in [3.05, 3.63) is 59.9 Å². The van der Waals surface area contributed by atoms with Crippen molar-refractivity contribution in [1.82, 2.24) is 10.3 Å². The van der Waals surface area contributed by atoms with Crippen LogP contribution in [-0.4, -0.2) is 46.3 Å². The van der Waals surface area contributed by atoms with E-state index in [9.17, 15) is 24.3 Å². The number of phenolic OH excluding ortho intramolecular Hbond substituents is 1. The maximum atomic E-state index is 12.4. The lowest BCUT2D eigenvalue weighted by Crippen LogP contribution is -2.40. The number of unbranched alkanes of at least 4 members (excludes halogenated alkanes) is 1. The maximum Gasteiger partial charge on any atom is 0.215 e. The molecule has 0 fully saturated rings. The van der Waals surface area contributed by atoms with Crippen LogP contribution in [0, 0.1) is 0 Å². The third kappa shape index (κ3) is 7.33. The van der Waals surface area contributed by atoms with Gasteiger partial charge in [0.25, 0.3) is 0 Å². The fraction of sp³-hybridized carbons (Fsp3) is 0.348. The zero-order valence-electron chi connectivity index (χ0n) is 17.0. The summed E-state index contributed by atoms with van der Waals surface area (Å²) < 4.78 is 0. The van der Waals surface area contributed by atoms with E-state index in [1.54, 1.807) is 37.4 Å². The number of nitrogens with zero attached hydrogens (tertiary/aromatic N) is 1. The van der Waals surface area contributed by atoms with Crippen molar-refractivity contribution in [3.63, 3.8) is 0 Å². The van der Waals surface area contributed by atoms with Crippen molar-refractivity contribution < 1.29 is 24.3 Å². The molecule has 0 saturated carbocycles. The Morgan fingerprint density at radius 3 is 2.33 bits per heavy atom. The Kier molecular flexibility index (Phi) is 9.03. The molecule has 0 aliphatic heterocycles. The van der Waals surface area contributed by atoms with E-state index in [0.29, 0.717) is 19.3 Å². The summed E-state index contributed by atoms with van der Waals surface area (Å²) in [6.45, 7) is 0. The minimum absolute atomic E-state index is 0.0636. The van der Waals surface area contributed by atoms with E-state index in [2.05, 4.69) is 10.3 Å². The van der Waals surface area contributed by atoms with E-state index in [-0.39, 0.29) is 42.3 Å². The topological polar surface area (TPSA) is 113 Å². The average Bonchev–Trinajstić information content (AvgIpc) is 2.76. The number of phenols is 1. The molecular formula is C23H26N2O5. The Morgan fingerprint density at radius 2 is 1.70 bits per heavy atom. The average molecular weight is 410 g/mol. The fourth-order valence-electron chi connectivity index (χ4n) is 3.00. The monoisotopic (exact) mass is 410 g/mol. The highest BCUT2D eigenvalue weighted by atomic mass is 16.3. The lowest BCUT2D eigenvalue weighted by Gasteiger charge is -2.14. The molecule has 1 aromatic carbocycles. The highest BCUT2D eigenvalue weighted by Crippen LogP contribution is 2.13. The number of nitrogens with one attached hydrogen (secondary N) is 1. The molecule has 1 atom stereocenters. The second kappa shape index (κ2) is 11.7. The number of aromatic hydroxyl groups is 1. The molecule has 30 heavy (non-hydrogen) atoms. The first kappa shape index (κ1) is 23.1. The predicted molar refractivity (Wildman–Crippen MR) is 111 cm³/mol. The first-order chi connectivity index (χ1) is 14.4. The molecule has 1 heterocycles. The summed E-state index contributed by atoms with van der Waals surface area (Å²) in [5, 5.41) is 12.2. The molecule has 2 rings (SSSR count). The van der Waals surface area contributed by atoms with E-state index in [4.69, 9.17) is 0 Å². The smallest absolute Gasteiger partial charge is 0.215 e. The largest absolute Gasteiger partial charge is 0.508 e. The van der Waals surface area contributed by atoms with Gasteiger partial charge < -0.3 is 10.4 Å². The molecule has 1 aromatic heterocycles. The van der Waals surface area contributed by atoms with Crippen molar-refractivity contribution in [2.45, 2.75) is 44.6 Å². The molecule has 0 unspecified atom stereocenters. The maximum absolute atomic E-state index is 12.4. The predicted octanol–water partition coefficient (Wildman–Crippen LogP) is 2.46. The highest BCUT2D eigenvalue weighted by Gasteiger charge is 2.23. The lowest BCUT2D eigenvalue weighted by molar-refractivity contribution is -0.137. The van der Waals surface area contributed by atoms with Crippen LogP contribution >= 0.6 is 0 Å². The molecule has 7 heteroatoms. The zero-order valence-corrected chi connectivity index (χ0v) is 17.0. The van der Waals surface area contributed by atoms with Gasteiger partial charge in [-0.3, -0.25) is 24.2 Å². The molecule has 158 valence electrons. The van der Waals surface area contributed by atoms with Crippen LogP contribution in [0.5, 0.6) is 5.75 Å². The van der Waals surface area contributed by atoms with Crippen LogP contribution in [0.4, 0.5) is 0 Å². The Bertz CT molecular complexity index is 878. The van der Waals surface area contributed by atoms with Gasteiger partial charge in [0.1, 0.15) is 17.2 Å². The number of aromatic nitrogens is 1. The van der Waals surface area contributed by atoms with E-state index in [1.165, 1.54) is 18.3 Å². The summed E-state index contributed by atoms with van der Waals surface area (Å²) in [6, 6.07) is 10.8. The van der Waals surface area contributed by atoms with Gasteiger partial charge in [0.05, 0.1) is 12.5 Å². The van der Waals surface area contributed by atoms with Crippen LogP contribution in [0.25, 0.3) is 0 Å². The Morgan fingerprint density at radius 1 is 1.00 bits per heavy atom. The number of ketones is 4. The fourth-order valence-corrected chi connectivity index (χ4v) is 3.00. The quantitative estimate of drug-likeness (QED) is 0.226. The third-order valence-electron chi connectivity index (χ3n) is 4.73. The number of rotatable bonds is 13. The van der Waals surface area contributed by atoms with Crippen LogP contribution in [0.3, 0.4) is 0 Å². The molecular weight excluding hydrogens is 384 g/mol. The number of likely N-dealkylation sites (N-methyl/N-ethyl adjacent to an activating group) is 1. The summed E-state index contributed by atoms with van der Waals surface area (Å²) in [4.78, 5) is 52.5. The third-order valence-corrected chi connectivity index (χ3v) is 4.73. The zero-order chi connectivity index (χ0) is 21.9. The number of benzene rings is 1. The van der Waals surface area contributed by atoms with Crippen LogP contribution < -0.4 is 5.32 Å². The van der Waals surface area contributed by atoms with Gasteiger partial charge in [0, 0.05) is 19.0 Å². The minimum atomic E-state index is -0.639. The summed E-state index contributed by atoms with van der Waals surface area (Å²) in [6.07, 6.45) is 2.73. The van der Waals surface area contributed by atoms with Gasteiger partial charge in [0.15, 0.2) is 11.6 Å². The van der Waals surface area contributed by atoms with Crippen LogP contribution in [0.2, 0.25) is 0 Å². The molecule has 0 amide bonds. The molecule has 0 spiro atoms. The Hall–Kier alpha value is -3.19. The van der Waals surface area contributed by atoms with Gasteiger partial charge >= 0.3 is 0 Å². The SMILES string of the molecule is CN[C@@H](Cc1ccc(O)cc1)C(=O)C(=O)CCCCC(=O)CC(=O)c1ccccn1. The number of carbonyl (C=O) groups is 4. The molecule has 0 bridgehead atoms. The minimum Gasteiger partial charge on any atom is -0.508 e. The molecule has 7 nitrogen and oxygen atoms in total. The number of carbonyl (C=O) groups excluding carboxylic acids is 4. The summed E-state index contributed by atoms with van der Waals surface area (Å²) in [7, 11) is 1.62. The van der Waals surface area contributed by atoms with Crippen molar-refractivity contribution in [3.8, 4) is 5.75 Å². The van der Waals surface area contributed by atoms with Gasteiger partial charge in [-0.05, 0) is 56.1 Å². The number of pyridine rings is 1. The Balaban J connectivity index is 1.72. The summed E-state index contributed by atoms with van der Waals surface area (Å²) in [5.41, 5.74) is 1.09. The van der Waals surface area contributed by atoms with Gasteiger partial charge in [-0.15, -0.1) is 0 Å². The number of Topliss-reactive ketones (excluding diaryl/α,β-unsaturated/α-hetero) is 4. The normalized spacial score (nSPS) is 11.6.